The summed E-state index contributed by atoms with van der Waals surface area (Å²) in [4.78, 5) is 2.51. The highest BCUT2D eigenvalue weighted by Gasteiger charge is 2.22. The van der Waals surface area contributed by atoms with Crippen LogP contribution in [0.5, 0.6) is 5.75 Å². The van der Waals surface area contributed by atoms with Gasteiger partial charge in [0.05, 0.1) is 20.3 Å². The van der Waals surface area contributed by atoms with Crippen LogP contribution in [0.1, 0.15) is 22.7 Å². The smallest absolute Gasteiger partial charge is 0.118 e. The maximum Gasteiger partial charge on any atom is 0.118 e. The molecule has 1 unspecified atom stereocenters. The Kier molecular flexibility index (Phi) is 6.45. The largest absolute Gasteiger partial charge is 0.497 e. The lowest BCUT2D eigenvalue weighted by molar-refractivity contribution is 0.0161. The van der Waals surface area contributed by atoms with Crippen LogP contribution in [-0.4, -0.2) is 44.9 Å². The van der Waals surface area contributed by atoms with E-state index in [1.807, 2.05) is 12.1 Å². The molecule has 1 aliphatic heterocycles. The molecule has 4 nitrogen and oxygen atoms in total. The van der Waals surface area contributed by atoms with E-state index in [1.54, 1.807) is 7.11 Å². The SMILES string of the molecule is COc1ccc(C(CNCc2cccc(C)c2)N2CCOCC2)cc1. The number of morpholine rings is 1. The van der Waals surface area contributed by atoms with E-state index in [2.05, 4.69) is 53.5 Å². The summed E-state index contributed by atoms with van der Waals surface area (Å²) in [6.07, 6.45) is 0. The quantitative estimate of drug-likeness (QED) is 0.839. The van der Waals surface area contributed by atoms with Gasteiger partial charge in [0.1, 0.15) is 5.75 Å². The second-order valence-corrected chi connectivity index (χ2v) is 6.56. The number of methoxy groups -OCH3 is 1. The van der Waals surface area contributed by atoms with Crippen LogP contribution in [-0.2, 0) is 11.3 Å². The summed E-state index contributed by atoms with van der Waals surface area (Å²) >= 11 is 0. The first-order valence-corrected chi connectivity index (χ1v) is 8.98. The third kappa shape index (κ3) is 5.05. The van der Waals surface area contributed by atoms with Crippen molar-refractivity contribution >= 4 is 0 Å². The topological polar surface area (TPSA) is 33.7 Å². The van der Waals surface area contributed by atoms with Gasteiger partial charge in [0.2, 0.25) is 0 Å². The fourth-order valence-electron chi connectivity index (χ4n) is 3.35. The monoisotopic (exact) mass is 340 g/mol. The van der Waals surface area contributed by atoms with E-state index in [9.17, 15) is 0 Å². The molecule has 0 saturated carbocycles. The average Bonchev–Trinajstić information content (AvgIpc) is 2.66. The number of hydrogen-bond acceptors (Lipinski definition) is 4. The standard InChI is InChI=1S/C21H28N2O2/c1-17-4-3-5-18(14-17)15-22-16-21(23-10-12-25-13-11-23)19-6-8-20(24-2)9-7-19/h3-9,14,21-22H,10-13,15-16H2,1-2H3. The fraction of sp³-hybridized carbons (Fsp3) is 0.429. The van der Waals surface area contributed by atoms with Gasteiger partial charge in [-0.2, -0.15) is 0 Å². The van der Waals surface area contributed by atoms with Crippen LogP contribution < -0.4 is 10.1 Å². The second kappa shape index (κ2) is 8.99. The molecule has 0 aromatic heterocycles. The molecule has 1 saturated heterocycles. The second-order valence-electron chi connectivity index (χ2n) is 6.56. The van der Waals surface area contributed by atoms with Crippen LogP contribution in [0.2, 0.25) is 0 Å². The van der Waals surface area contributed by atoms with Crippen molar-refractivity contribution in [1.82, 2.24) is 10.2 Å². The Morgan fingerprint density at radius 2 is 1.88 bits per heavy atom. The van der Waals surface area contributed by atoms with Gasteiger partial charge >= 0.3 is 0 Å². The van der Waals surface area contributed by atoms with Crippen molar-refractivity contribution in [3.8, 4) is 5.75 Å². The first kappa shape index (κ1) is 17.9. The van der Waals surface area contributed by atoms with Gasteiger partial charge in [0.15, 0.2) is 0 Å². The molecule has 25 heavy (non-hydrogen) atoms. The highest BCUT2D eigenvalue weighted by atomic mass is 16.5. The molecule has 0 radical (unpaired) electrons. The highest BCUT2D eigenvalue weighted by Crippen LogP contribution is 2.23. The molecule has 1 atom stereocenters. The molecule has 1 heterocycles. The van der Waals surface area contributed by atoms with E-state index in [-0.39, 0.29) is 0 Å². The van der Waals surface area contributed by atoms with Gasteiger partial charge in [-0.15, -0.1) is 0 Å². The van der Waals surface area contributed by atoms with Gasteiger partial charge in [-0.1, -0.05) is 42.0 Å². The Labute approximate surface area is 150 Å². The minimum atomic E-state index is 0.347. The predicted molar refractivity (Wildman–Crippen MR) is 101 cm³/mol. The molecule has 2 aromatic carbocycles. The van der Waals surface area contributed by atoms with Crippen LogP contribution >= 0.6 is 0 Å². The van der Waals surface area contributed by atoms with Crippen LogP contribution in [0.15, 0.2) is 48.5 Å². The number of nitrogens with one attached hydrogen (secondary N) is 1. The van der Waals surface area contributed by atoms with Gasteiger partial charge in [0, 0.05) is 32.2 Å². The number of ether oxygens (including phenoxy) is 2. The zero-order chi connectivity index (χ0) is 17.5. The molecular formula is C21H28N2O2. The van der Waals surface area contributed by atoms with Gasteiger partial charge in [0.25, 0.3) is 0 Å². The zero-order valence-electron chi connectivity index (χ0n) is 15.2. The summed E-state index contributed by atoms with van der Waals surface area (Å²) in [6, 6.07) is 17.5. The minimum Gasteiger partial charge on any atom is -0.497 e. The number of benzene rings is 2. The number of rotatable bonds is 7. The average molecular weight is 340 g/mol. The molecule has 0 aliphatic carbocycles. The summed E-state index contributed by atoms with van der Waals surface area (Å²) in [5, 5.41) is 3.64. The predicted octanol–water partition coefficient (Wildman–Crippen LogP) is 3.17. The molecule has 0 spiro atoms. The van der Waals surface area contributed by atoms with Gasteiger partial charge in [-0.05, 0) is 30.2 Å². The van der Waals surface area contributed by atoms with Crippen molar-refractivity contribution in [2.45, 2.75) is 19.5 Å². The van der Waals surface area contributed by atoms with Crippen molar-refractivity contribution < 1.29 is 9.47 Å². The molecule has 3 rings (SSSR count). The molecule has 0 bridgehead atoms. The number of hydrogen-bond donors (Lipinski definition) is 1. The van der Waals surface area contributed by atoms with E-state index >= 15 is 0 Å². The first-order chi connectivity index (χ1) is 12.3. The van der Waals surface area contributed by atoms with E-state index in [0.717, 1.165) is 45.1 Å². The summed E-state index contributed by atoms with van der Waals surface area (Å²) in [6.45, 7) is 7.51. The molecule has 0 amide bonds. The van der Waals surface area contributed by atoms with Crippen molar-refractivity contribution in [3.05, 3.63) is 65.2 Å². The van der Waals surface area contributed by atoms with Crippen molar-refractivity contribution in [2.75, 3.05) is 40.0 Å². The molecule has 4 heteroatoms. The van der Waals surface area contributed by atoms with Gasteiger partial charge < -0.3 is 14.8 Å². The lowest BCUT2D eigenvalue weighted by Gasteiger charge is -2.35. The first-order valence-electron chi connectivity index (χ1n) is 8.98. The lowest BCUT2D eigenvalue weighted by atomic mass is 10.0. The van der Waals surface area contributed by atoms with E-state index < -0.39 is 0 Å². The third-order valence-corrected chi connectivity index (χ3v) is 4.74. The summed E-state index contributed by atoms with van der Waals surface area (Å²) in [5.41, 5.74) is 3.95. The number of aryl methyl sites for hydroxylation is 1. The fourth-order valence-corrected chi connectivity index (χ4v) is 3.35. The van der Waals surface area contributed by atoms with E-state index in [4.69, 9.17) is 9.47 Å². The van der Waals surface area contributed by atoms with Crippen molar-refractivity contribution in [3.63, 3.8) is 0 Å². The molecular weight excluding hydrogens is 312 g/mol. The molecule has 2 aromatic rings. The molecule has 134 valence electrons. The van der Waals surface area contributed by atoms with Crippen LogP contribution in [0, 0.1) is 6.92 Å². The normalized spacial score (nSPS) is 16.6. The Morgan fingerprint density at radius 3 is 2.56 bits per heavy atom. The zero-order valence-corrected chi connectivity index (χ0v) is 15.2. The van der Waals surface area contributed by atoms with E-state index in [1.165, 1.54) is 16.7 Å². The Balaban J connectivity index is 1.67. The lowest BCUT2D eigenvalue weighted by Crippen LogP contribution is -2.42. The van der Waals surface area contributed by atoms with Crippen LogP contribution in [0.3, 0.4) is 0 Å². The Hall–Kier alpha value is -1.88. The molecule has 1 fully saturated rings. The Bertz CT molecular complexity index is 651. The highest BCUT2D eigenvalue weighted by molar-refractivity contribution is 5.29. The van der Waals surface area contributed by atoms with Crippen molar-refractivity contribution in [1.29, 1.82) is 0 Å². The maximum atomic E-state index is 5.53. The van der Waals surface area contributed by atoms with Crippen molar-refractivity contribution in [2.24, 2.45) is 0 Å². The number of nitrogens with zero attached hydrogens (tertiary/aromatic N) is 1. The minimum absolute atomic E-state index is 0.347. The third-order valence-electron chi connectivity index (χ3n) is 4.74. The summed E-state index contributed by atoms with van der Waals surface area (Å²) in [5.74, 6) is 0.900. The Morgan fingerprint density at radius 1 is 1.12 bits per heavy atom. The summed E-state index contributed by atoms with van der Waals surface area (Å²) in [7, 11) is 1.71. The van der Waals surface area contributed by atoms with Gasteiger partial charge in [-0.3, -0.25) is 4.90 Å². The molecule has 1 aliphatic rings. The van der Waals surface area contributed by atoms with Gasteiger partial charge in [-0.25, -0.2) is 0 Å². The van der Waals surface area contributed by atoms with E-state index in [0.29, 0.717) is 6.04 Å². The summed E-state index contributed by atoms with van der Waals surface area (Å²) < 4.78 is 10.8. The van der Waals surface area contributed by atoms with Crippen LogP contribution in [0.4, 0.5) is 0 Å². The maximum absolute atomic E-state index is 5.53. The molecule has 1 N–H and O–H groups in total. The van der Waals surface area contributed by atoms with Crippen LogP contribution in [0.25, 0.3) is 0 Å².